The van der Waals surface area contributed by atoms with E-state index < -0.39 is 0 Å². The topological polar surface area (TPSA) is 17.1 Å². The number of hydrogen-bond donors (Lipinski definition) is 0. The normalized spacial score (nSPS) is 10.4. The van der Waals surface area contributed by atoms with Crippen LogP contribution in [0.1, 0.15) is 22.8 Å². The van der Waals surface area contributed by atoms with E-state index in [1.807, 2.05) is 24.3 Å². The van der Waals surface area contributed by atoms with E-state index >= 15 is 0 Å². The molecule has 2 rings (SSSR count). The summed E-state index contributed by atoms with van der Waals surface area (Å²) in [5.41, 5.74) is 1.87. The lowest BCUT2D eigenvalue weighted by Gasteiger charge is -2.06. The summed E-state index contributed by atoms with van der Waals surface area (Å²) in [6, 6.07) is 13.7. The zero-order chi connectivity index (χ0) is 13.1. The van der Waals surface area contributed by atoms with Crippen LogP contribution in [0.5, 0.6) is 0 Å². The van der Waals surface area contributed by atoms with E-state index in [1.54, 1.807) is 24.8 Å². The van der Waals surface area contributed by atoms with E-state index in [0.717, 1.165) is 9.79 Å². The highest BCUT2D eigenvalue weighted by atomic mass is 35.5. The van der Waals surface area contributed by atoms with E-state index in [4.69, 9.17) is 11.6 Å². The van der Waals surface area contributed by atoms with E-state index in [0.29, 0.717) is 10.6 Å². The molecule has 0 aliphatic carbocycles. The number of halogens is 1. The second kappa shape index (κ2) is 5.59. The zero-order valence-corrected chi connectivity index (χ0v) is 11.8. The molecule has 0 aliphatic heterocycles. The largest absolute Gasteiger partial charge is 0.295 e. The van der Waals surface area contributed by atoms with Gasteiger partial charge in [-0.2, -0.15) is 0 Å². The summed E-state index contributed by atoms with van der Waals surface area (Å²) >= 11 is 7.80. The van der Waals surface area contributed by atoms with Crippen molar-refractivity contribution in [1.29, 1.82) is 0 Å². The fourth-order valence-electron chi connectivity index (χ4n) is 1.61. The molecule has 0 N–H and O–H groups in total. The molecule has 0 heterocycles. The van der Waals surface area contributed by atoms with Crippen molar-refractivity contribution >= 4 is 29.1 Å². The van der Waals surface area contributed by atoms with Crippen LogP contribution in [0.3, 0.4) is 0 Å². The Morgan fingerprint density at radius 1 is 1.17 bits per heavy atom. The van der Waals surface area contributed by atoms with Gasteiger partial charge in [-0.1, -0.05) is 47.1 Å². The van der Waals surface area contributed by atoms with E-state index in [2.05, 4.69) is 19.1 Å². The summed E-state index contributed by atoms with van der Waals surface area (Å²) in [5.74, 6) is 0.0315. The van der Waals surface area contributed by atoms with E-state index in [1.165, 1.54) is 5.56 Å². The van der Waals surface area contributed by atoms with Crippen molar-refractivity contribution in [3.05, 3.63) is 58.6 Å². The molecule has 2 aromatic carbocycles. The molecule has 0 fully saturated rings. The summed E-state index contributed by atoms with van der Waals surface area (Å²) in [7, 11) is 0. The SMILES string of the molecule is CC(=O)c1ccc(Sc2cccc(C)c2)c(Cl)c1. The molecule has 2 aromatic rings. The number of rotatable bonds is 3. The lowest BCUT2D eigenvalue weighted by Crippen LogP contribution is -1.91. The minimum absolute atomic E-state index is 0.0315. The second-order valence-electron chi connectivity index (χ2n) is 4.12. The molecule has 0 atom stereocenters. The molecular weight excluding hydrogens is 264 g/mol. The second-order valence-corrected chi connectivity index (χ2v) is 5.64. The van der Waals surface area contributed by atoms with E-state index in [9.17, 15) is 4.79 Å². The van der Waals surface area contributed by atoms with E-state index in [-0.39, 0.29) is 5.78 Å². The monoisotopic (exact) mass is 276 g/mol. The van der Waals surface area contributed by atoms with Gasteiger partial charge in [-0.15, -0.1) is 0 Å². The smallest absolute Gasteiger partial charge is 0.159 e. The van der Waals surface area contributed by atoms with Gasteiger partial charge in [-0.05, 0) is 38.1 Å². The highest BCUT2D eigenvalue weighted by Gasteiger charge is 2.06. The lowest BCUT2D eigenvalue weighted by atomic mass is 10.1. The van der Waals surface area contributed by atoms with Crippen LogP contribution in [0.15, 0.2) is 52.3 Å². The van der Waals surface area contributed by atoms with Gasteiger partial charge in [-0.25, -0.2) is 0 Å². The van der Waals surface area contributed by atoms with Crippen molar-refractivity contribution in [3.8, 4) is 0 Å². The predicted octanol–water partition coefficient (Wildman–Crippen LogP) is 5.00. The van der Waals surface area contributed by atoms with Crippen LogP contribution in [0.2, 0.25) is 5.02 Å². The molecule has 0 amide bonds. The number of aryl methyl sites for hydroxylation is 1. The quantitative estimate of drug-likeness (QED) is 0.734. The molecule has 0 aromatic heterocycles. The Morgan fingerprint density at radius 2 is 1.94 bits per heavy atom. The Bertz CT molecular complexity index is 593. The Hall–Kier alpha value is -1.25. The summed E-state index contributed by atoms with van der Waals surface area (Å²) in [4.78, 5) is 13.4. The molecule has 1 nitrogen and oxygen atoms in total. The molecular formula is C15H13ClOS. The predicted molar refractivity (Wildman–Crippen MR) is 76.8 cm³/mol. The summed E-state index contributed by atoms with van der Waals surface area (Å²) in [6.07, 6.45) is 0. The van der Waals surface area contributed by atoms with Crippen LogP contribution in [-0.4, -0.2) is 5.78 Å². The third-order valence-electron chi connectivity index (χ3n) is 2.56. The van der Waals surface area contributed by atoms with Crippen LogP contribution in [0.25, 0.3) is 0 Å². The Kier molecular flexibility index (Phi) is 4.10. The molecule has 0 saturated heterocycles. The average molecular weight is 277 g/mol. The molecule has 0 unspecified atom stereocenters. The molecule has 0 radical (unpaired) electrons. The van der Waals surface area contributed by atoms with Gasteiger partial charge in [-0.3, -0.25) is 4.79 Å². The fourth-order valence-corrected chi connectivity index (χ4v) is 2.84. The van der Waals surface area contributed by atoms with Crippen LogP contribution >= 0.6 is 23.4 Å². The van der Waals surface area contributed by atoms with Crippen LogP contribution < -0.4 is 0 Å². The Morgan fingerprint density at radius 3 is 2.56 bits per heavy atom. The third kappa shape index (κ3) is 3.15. The Labute approximate surface area is 116 Å². The van der Waals surface area contributed by atoms with Gasteiger partial charge in [0.05, 0.1) is 5.02 Å². The zero-order valence-electron chi connectivity index (χ0n) is 10.2. The third-order valence-corrected chi connectivity index (χ3v) is 4.05. The first-order chi connectivity index (χ1) is 8.56. The van der Waals surface area contributed by atoms with Crippen LogP contribution in [0, 0.1) is 6.92 Å². The van der Waals surface area contributed by atoms with Gasteiger partial charge in [0, 0.05) is 15.4 Å². The highest BCUT2D eigenvalue weighted by Crippen LogP contribution is 2.34. The number of carbonyl (C=O) groups is 1. The van der Waals surface area contributed by atoms with Crippen LogP contribution in [0.4, 0.5) is 0 Å². The summed E-state index contributed by atoms with van der Waals surface area (Å²) in [6.45, 7) is 3.60. The maximum atomic E-state index is 11.2. The van der Waals surface area contributed by atoms with Crippen molar-refractivity contribution in [2.24, 2.45) is 0 Å². The maximum absolute atomic E-state index is 11.2. The Balaban J connectivity index is 2.27. The van der Waals surface area contributed by atoms with Gasteiger partial charge in [0.2, 0.25) is 0 Å². The highest BCUT2D eigenvalue weighted by molar-refractivity contribution is 7.99. The van der Waals surface area contributed by atoms with Crippen molar-refractivity contribution < 1.29 is 4.79 Å². The van der Waals surface area contributed by atoms with Crippen molar-refractivity contribution in [2.45, 2.75) is 23.6 Å². The molecule has 3 heteroatoms. The number of benzene rings is 2. The van der Waals surface area contributed by atoms with Gasteiger partial charge in [0.15, 0.2) is 5.78 Å². The number of hydrogen-bond acceptors (Lipinski definition) is 2. The molecule has 92 valence electrons. The maximum Gasteiger partial charge on any atom is 0.159 e. The average Bonchev–Trinajstić information content (AvgIpc) is 2.31. The molecule has 0 bridgehead atoms. The molecule has 0 saturated carbocycles. The number of Topliss-reactive ketones (excluding diaryl/α,β-unsaturated/α-hetero) is 1. The molecule has 0 aliphatic rings. The summed E-state index contributed by atoms with van der Waals surface area (Å²) in [5, 5.41) is 0.620. The minimum Gasteiger partial charge on any atom is -0.295 e. The first kappa shape index (κ1) is 13.2. The van der Waals surface area contributed by atoms with Crippen molar-refractivity contribution in [1.82, 2.24) is 0 Å². The fraction of sp³-hybridized carbons (Fsp3) is 0.133. The van der Waals surface area contributed by atoms with Gasteiger partial charge in [0.1, 0.15) is 0 Å². The lowest BCUT2D eigenvalue weighted by molar-refractivity contribution is 0.101. The standard InChI is InChI=1S/C15H13ClOS/c1-10-4-3-5-13(8-10)18-15-7-6-12(11(2)17)9-14(15)16/h3-9H,1-2H3. The van der Waals surface area contributed by atoms with Crippen molar-refractivity contribution in [2.75, 3.05) is 0 Å². The first-order valence-electron chi connectivity index (χ1n) is 5.61. The molecule has 0 spiro atoms. The van der Waals surface area contributed by atoms with Gasteiger partial charge in [0.25, 0.3) is 0 Å². The number of carbonyl (C=O) groups excluding carboxylic acids is 1. The first-order valence-corrected chi connectivity index (χ1v) is 6.81. The van der Waals surface area contributed by atoms with Crippen LogP contribution in [-0.2, 0) is 0 Å². The van der Waals surface area contributed by atoms with Gasteiger partial charge < -0.3 is 0 Å². The summed E-state index contributed by atoms with van der Waals surface area (Å²) < 4.78 is 0. The molecule has 18 heavy (non-hydrogen) atoms. The minimum atomic E-state index is 0.0315. The van der Waals surface area contributed by atoms with Crippen molar-refractivity contribution in [3.63, 3.8) is 0 Å². The number of ketones is 1. The van der Waals surface area contributed by atoms with Gasteiger partial charge >= 0.3 is 0 Å².